The standard InChI is InChI=1S/C26H28N2O4/c1-19(29)28(18-20-10-12-23(13-11-20)26(31)32)27-15-14-25(30)17-21-6-5-9-24(16-21)22-7-3-2-4-8-22/h2-13,16,25,27,30H,14-15,17-18H2,1H3,(H,31,32). The molecule has 1 amide bonds. The van der Waals surface area contributed by atoms with Crippen LogP contribution >= 0.6 is 0 Å². The maximum absolute atomic E-state index is 12.0. The number of nitrogens with one attached hydrogen (secondary N) is 1. The second-order valence-corrected chi connectivity index (χ2v) is 7.73. The largest absolute Gasteiger partial charge is 0.478 e. The first-order valence-corrected chi connectivity index (χ1v) is 10.6. The smallest absolute Gasteiger partial charge is 0.335 e. The highest BCUT2D eigenvalue weighted by atomic mass is 16.4. The third-order valence-corrected chi connectivity index (χ3v) is 5.21. The minimum absolute atomic E-state index is 0.155. The highest BCUT2D eigenvalue weighted by Crippen LogP contribution is 2.21. The second-order valence-electron chi connectivity index (χ2n) is 7.73. The molecule has 6 heteroatoms. The van der Waals surface area contributed by atoms with Gasteiger partial charge in [-0.2, -0.15) is 0 Å². The lowest BCUT2D eigenvalue weighted by Crippen LogP contribution is -2.42. The molecule has 3 aromatic carbocycles. The molecule has 0 spiro atoms. The molecule has 0 saturated heterocycles. The van der Waals surface area contributed by atoms with E-state index >= 15 is 0 Å². The van der Waals surface area contributed by atoms with Gasteiger partial charge in [0.2, 0.25) is 5.91 Å². The first-order valence-electron chi connectivity index (χ1n) is 10.6. The summed E-state index contributed by atoms with van der Waals surface area (Å²) in [7, 11) is 0. The Kier molecular flexibility index (Phi) is 8.14. The zero-order chi connectivity index (χ0) is 22.9. The SMILES string of the molecule is CC(=O)N(Cc1ccc(C(=O)O)cc1)NCCC(O)Cc1cccc(-c2ccccc2)c1. The van der Waals surface area contributed by atoms with E-state index in [1.807, 2.05) is 30.3 Å². The van der Waals surface area contributed by atoms with E-state index in [0.29, 0.717) is 25.9 Å². The molecule has 0 aliphatic heterocycles. The summed E-state index contributed by atoms with van der Waals surface area (Å²) < 4.78 is 0. The van der Waals surface area contributed by atoms with Crippen LogP contribution in [0.25, 0.3) is 11.1 Å². The first-order chi connectivity index (χ1) is 15.4. The molecule has 3 aromatic rings. The van der Waals surface area contributed by atoms with Crippen molar-refractivity contribution in [1.29, 1.82) is 0 Å². The molecule has 0 aromatic heterocycles. The minimum Gasteiger partial charge on any atom is -0.478 e. The van der Waals surface area contributed by atoms with Gasteiger partial charge in [-0.05, 0) is 47.2 Å². The van der Waals surface area contributed by atoms with Gasteiger partial charge >= 0.3 is 5.97 Å². The molecule has 0 aliphatic carbocycles. The summed E-state index contributed by atoms with van der Waals surface area (Å²) in [5, 5.41) is 21.0. The quantitative estimate of drug-likeness (QED) is 0.423. The molecule has 0 radical (unpaired) electrons. The van der Waals surface area contributed by atoms with E-state index in [-0.39, 0.29) is 11.5 Å². The van der Waals surface area contributed by atoms with Crippen molar-refractivity contribution in [3.8, 4) is 11.1 Å². The van der Waals surface area contributed by atoms with Gasteiger partial charge in [0.1, 0.15) is 0 Å². The number of hydrogen-bond acceptors (Lipinski definition) is 4. The Hall–Kier alpha value is -3.48. The van der Waals surface area contributed by atoms with Crippen LogP contribution in [0, 0.1) is 0 Å². The number of benzene rings is 3. The average molecular weight is 433 g/mol. The Balaban J connectivity index is 1.51. The van der Waals surface area contributed by atoms with Crippen LogP contribution in [0.3, 0.4) is 0 Å². The van der Waals surface area contributed by atoms with Gasteiger partial charge in [0.25, 0.3) is 0 Å². The monoisotopic (exact) mass is 432 g/mol. The van der Waals surface area contributed by atoms with Crippen molar-refractivity contribution in [1.82, 2.24) is 10.4 Å². The van der Waals surface area contributed by atoms with E-state index in [0.717, 1.165) is 22.3 Å². The van der Waals surface area contributed by atoms with Crippen LogP contribution in [-0.2, 0) is 17.8 Å². The molecule has 0 saturated carbocycles. The molecule has 3 N–H and O–H groups in total. The van der Waals surface area contributed by atoms with Gasteiger partial charge in [-0.15, -0.1) is 0 Å². The van der Waals surface area contributed by atoms with Gasteiger partial charge in [-0.25, -0.2) is 10.2 Å². The van der Waals surface area contributed by atoms with E-state index in [2.05, 4.69) is 29.7 Å². The lowest BCUT2D eigenvalue weighted by molar-refractivity contribution is -0.132. The van der Waals surface area contributed by atoms with Gasteiger partial charge < -0.3 is 10.2 Å². The molecule has 6 nitrogen and oxygen atoms in total. The Labute approximate surface area is 188 Å². The third kappa shape index (κ3) is 6.77. The average Bonchev–Trinajstić information content (AvgIpc) is 2.79. The van der Waals surface area contributed by atoms with E-state index in [1.54, 1.807) is 12.1 Å². The van der Waals surface area contributed by atoms with Crippen LogP contribution < -0.4 is 5.43 Å². The zero-order valence-corrected chi connectivity index (χ0v) is 18.1. The number of amides is 1. The predicted octanol–water partition coefficient (Wildman–Crippen LogP) is 3.90. The van der Waals surface area contributed by atoms with Gasteiger partial charge in [-0.3, -0.25) is 9.80 Å². The number of hydrazine groups is 1. The van der Waals surface area contributed by atoms with Crippen molar-refractivity contribution in [3.63, 3.8) is 0 Å². The summed E-state index contributed by atoms with van der Waals surface area (Å²) in [6.07, 6.45) is 0.466. The molecule has 32 heavy (non-hydrogen) atoms. The van der Waals surface area contributed by atoms with Gasteiger partial charge in [0.05, 0.1) is 18.2 Å². The van der Waals surface area contributed by atoms with Crippen molar-refractivity contribution in [2.24, 2.45) is 0 Å². The number of hydrogen-bond donors (Lipinski definition) is 3. The van der Waals surface area contributed by atoms with Gasteiger partial charge in [0, 0.05) is 13.5 Å². The molecule has 166 valence electrons. The topological polar surface area (TPSA) is 89.9 Å². The fourth-order valence-corrected chi connectivity index (χ4v) is 3.46. The summed E-state index contributed by atoms with van der Waals surface area (Å²) >= 11 is 0. The summed E-state index contributed by atoms with van der Waals surface area (Å²) in [5.74, 6) is -1.14. The van der Waals surface area contributed by atoms with Crippen LogP contribution in [-0.4, -0.2) is 39.7 Å². The fraction of sp³-hybridized carbons (Fsp3) is 0.231. The number of carboxylic acids is 1. The zero-order valence-electron chi connectivity index (χ0n) is 18.1. The molecular weight excluding hydrogens is 404 g/mol. The lowest BCUT2D eigenvalue weighted by Gasteiger charge is -2.23. The molecular formula is C26H28N2O4. The van der Waals surface area contributed by atoms with Crippen LogP contribution in [0.1, 0.15) is 34.8 Å². The summed E-state index contributed by atoms with van der Waals surface area (Å²) in [4.78, 5) is 22.9. The number of aliphatic hydroxyl groups excluding tert-OH is 1. The van der Waals surface area contributed by atoms with Crippen molar-refractivity contribution < 1.29 is 19.8 Å². The number of carboxylic acid groups (broad SMARTS) is 1. The molecule has 0 heterocycles. The van der Waals surface area contributed by atoms with Crippen molar-refractivity contribution >= 4 is 11.9 Å². The van der Waals surface area contributed by atoms with Gasteiger partial charge in [0.15, 0.2) is 0 Å². The molecule has 0 bridgehead atoms. The fourth-order valence-electron chi connectivity index (χ4n) is 3.46. The Morgan fingerprint density at radius 3 is 2.25 bits per heavy atom. The summed E-state index contributed by atoms with van der Waals surface area (Å²) in [5.41, 5.74) is 7.40. The summed E-state index contributed by atoms with van der Waals surface area (Å²) in [6.45, 7) is 2.21. The number of carbonyl (C=O) groups is 2. The first kappa shape index (κ1) is 23.2. The van der Waals surface area contributed by atoms with E-state index in [4.69, 9.17) is 5.11 Å². The van der Waals surface area contributed by atoms with Crippen LogP contribution in [0.4, 0.5) is 0 Å². The number of nitrogens with zero attached hydrogens (tertiary/aromatic N) is 1. The number of rotatable bonds is 10. The molecule has 3 rings (SSSR count). The number of carbonyl (C=O) groups excluding carboxylic acids is 1. The molecule has 1 atom stereocenters. The third-order valence-electron chi connectivity index (χ3n) is 5.21. The lowest BCUT2D eigenvalue weighted by atomic mass is 9.99. The van der Waals surface area contributed by atoms with Crippen molar-refractivity contribution in [2.45, 2.75) is 32.4 Å². The Bertz CT molecular complexity index is 1040. The predicted molar refractivity (Wildman–Crippen MR) is 124 cm³/mol. The van der Waals surface area contributed by atoms with Crippen molar-refractivity contribution in [2.75, 3.05) is 6.54 Å². The minimum atomic E-state index is -0.985. The number of aliphatic hydroxyl groups is 1. The van der Waals surface area contributed by atoms with Crippen LogP contribution in [0.2, 0.25) is 0 Å². The molecule has 0 aliphatic rings. The maximum Gasteiger partial charge on any atom is 0.335 e. The Morgan fingerprint density at radius 1 is 0.906 bits per heavy atom. The second kappa shape index (κ2) is 11.2. The van der Waals surface area contributed by atoms with E-state index in [9.17, 15) is 14.7 Å². The Morgan fingerprint density at radius 2 is 1.59 bits per heavy atom. The normalized spacial score (nSPS) is 11.7. The van der Waals surface area contributed by atoms with E-state index in [1.165, 1.54) is 24.1 Å². The maximum atomic E-state index is 12.0. The number of aromatic carboxylic acids is 1. The highest BCUT2D eigenvalue weighted by molar-refractivity contribution is 5.87. The highest BCUT2D eigenvalue weighted by Gasteiger charge is 2.12. The molecule has 1 unspecified atom stereocenters. The molecule has 0 fully saturated rings. The van der Waals surface area contributed by atoms with Crippen LogP contribution in [0.15, 0.2) is 78.9 Å². The summed E-state index contributed by atoms with van der Waals surface area (Å²) in [6, 6.07) is 24.7. The van der Waals surface area contributed by atoms with Gasteiger partial charge in [-0.1, -0.05) is 66.7 Å². The van der Waals surface area contributed by atoms with E-state index < -0.39 is 12.1 Å². The van der Waals surface area contributed by atoms with Crippen molar-refractivity contribution in [3.05, 3.63) is 95.6 Å². The van der Waals surface area contributed by atoms with Crippen LogP contribution in [0.5, 0.6) is 0 Å².